The maximum Gasteiger partial charge on any atom is 0.124 e. The van der Waals surface area contributed by atoms with Gasteiger partial charge in [-0.1, -0.05) is 18.2 Å². The molecular formula is C26H32N4O. The molecule has 0 amide bonds. The number of fused-ring (bicyclic) bond motifs is 1. The zero-order valence-electron chi connectivity index (χ0n) is 18.4. The number of nitrogens with zero attached hydrogens (tertiary/aromatic N) is 3. The summed E-state index contributed by atoms with van der Waals surface area (Å²) >= 11 is 0. The SMILES string of the molecule is Cc1cc(Nc2cc(CN3CCCC3)c(O)c(CN3CCCC3)c2)c2ccccc2n1. The van der Waals surface area contributed by atoms with Crippen molar-refractivity contribution in [3.63, 3.8) is 0 Å². The van der Waals surface area contributed by atoms with Crippen LogP contribution in [0, 0.1) is 6.92 Å². The van der Waals surface area contributed by atoms with Crippen LogP contribution in [0.1, 0.15) is 42.5 Å². The number of likely N-dealkylation sites (tertiary alicyclic amines) is 2. The third-order valence-electron chi connectivity index (χ3n) is 6.58. The van der Waals surface area contributed by atoms with Gasteiger partial charge in [0.1, 0.15) is 5.75 Å². The van der Waals surface area contributed by atoms with Gasteiger partial charge in [0.05, 0.1) is 5.52 Å². The van der Waals surface area contributed by atoms with Crippen molar-refractivity contribution in [2.75, 3.05) is 31.5 Å². The van der Waals surface area contributed by atoms with Gasteiger partial charge >= 0.3 is 0 Å². The minimum absolute atomic E-state index is 0.472. The molecule has 0 spiro atoms. The molecule has 2 saturated heterocycles. The van der Waals surface area contributed by atoms with Crippen molar-refractivity contribution in [1.29, 1.82) is 0 Å². The fourth-order valence-corrected chi connectivity index (χ4v) is 5.00. The minimum Gasteiger partial charge on any atom is -0.507 e. The largest absolute Gasteiger partial charge is 0.507 e. The van der Waals surface area contributed by atoms with Crippen LogP contribution in [0.5, 0.6) is 5.75 Å². The van der Waals surface area contributed by atoms with Gasteiger partial charge in [-0.05, 0) is 83.1 Å². The number of aryl methyl sites for hydroxylation is 1. The van der Waals surface area contributed by atoms with Crippen LogP contribution in [-0.2, 0) is 13.1 Å². The molecule has 2 aliphatic heterocycles. The highest BCUT2D eigenvalue weighted by Crippen LogP contribution is 2.34. The van der Waals surface area contributed by atoms with Crippen molar-refractivity contribution in [2.45, 2.75) is 45.7 Å². The van der Waals surface area contributed by atoms with Crippen LogP contribution in [0.3, 0.4) is 0 Å². The van der Waals surface area contributed by atoms with Gasteiger partial charge in [0.25, 0.3) is 0 Å². The lowest BCUT2D eigenvalue weighted by molar-refractivity contribution is 0.312. The number of hydrogen-bond acceptors (Lipinski definition) is 5. The Hall–Kier alpha value is -2.63. The maximum absolute atomic E-state index is 11.1. The molecule has 162 valence electrons. The number of benzene rings is 2. The molecule has 1 aromatic heterocycles. The molecule has 3 aromatic rings. The number of rotatable bonds is 6. The fraction of sp³-hybridized carbons (Fsp3) is 0.423. The first-order valence-electron chi connectivity index (χ1n) is 11.6. The predicted molar refractivity (Wildman–Crippen MR) is 127 cm³/mol. The van der Waals surface area contributed by atoms with Crippen LogP contribution in [0.15, 0.2) is 42.5 Å². The van der Waals surface area contributed by atoms with E-state index < -0.39 is 0 Å². The number of aromatic hydroxyl groups is 1. The first-order valence-corrected chi connectivity index (χ1v) is 11.6. The summed E-state index contributed by atoms with van der Waals surface area (Å²) in [4.78, 5) is 9.57. The summed E-state index contributed by atoms with van der Waals surface area (Å²) < 4.78 is 0. The Balaban J connectivity index is 1.51. The van der Waals surface area contributed by atoms with Crippen LogP contribution in [0.4, 0.5) is 11.4 Å². The van der Waals surface area contributed by atoms with Gasteiger partial charge in [0.15, 0.2) is 0 Å². The topological polar surface area (TPSA) is 51.6 Å². The zero-order valence-corrected chi connectivity index (χ0v) is 18.4. The lowest BCUT2D eigenvalue weighted by Gasteiger charge is -2.22. The summed E-state index contributed by atoms with van der Waals surface area (Å²) in [6.45, 7) is 8.12. The molecule has 2 aliphatic rings. The van der Waals surface area contributed by atoms with Gasteiger partial charge < -0.3 is 10.4 Å². The van der Waals surface area contributed by atoms with Crippen molar-refractivity contribution in [2.24, 2.45) is 0 Å². The standard InChI is InChI=1S/C26H32N4O/c1-19-14-25(23-8-2-3-9-24(23)27-19)28-22-15-20(17-29-10-4-5-11-29)26(31)21(16-22)18-30-12-6-7-13-30/h2-3,8-9,14-16,31H,4-7,10-13,17-18H2,1H3,(H,27,28). The molecule has 0 saturated carbocycles. The van der Waals surface area contributed by atoms with E-state index in [1.54, 1.807) is 0 Å². The molecule has 0 atom stereocenters. The molecule has 0 aliphatic carbocycles. The summed E-state index contributed by atoms with van der Waals surface area (Å²) in [6.07, 6.45) is 5.01. The van der Waals surface area contributed by atoms with Gasteiger partial charge in [-0.3, -0.25) is 14.8 Å². The second-order valence-electron chi connectivity index (χ2n) is 9.06. The first-order chi connectivity index (χ1) is 15.2. The number of anilines is 2. The molecule has 31 heavy (non-hydrogen) atoms. The zero-order chi connectivity index (χ0) is 21.2. The van der Waals surface area contributed by atoms with Gasteiger partial charge in [0, 0.05) is 46.7 Å². The van der Waals surface area contributed by atoms with Gasteiger partial charge in [-0.25, -0.2) is 0 Å². The Morgan fingerprint density at radius 3 is 2.06 bits per heavy atom. The number of hydrogen-bond donors (Lipinski definition) is 2. The summed E-state index contributed by atoms with van der Waals surface area (Å²) in [5.74, 6) is 0.472. The van der Waals surface area contributed by atoms with E-state index in [1.165, 1.54) is 25.7 Å². The molecule has 2 fully saturated rings. The van der Waals surface area contributed by atoms with E-state index in [-0.39, 0.29) is 0 Å². The average Bonchev–Trinajstić information content (AvgIpc) is 3.45. The van der Waals surface area contributed by atoms with Crippen LogP contribution in [0.2, 0.25) is 0 Å². The number of nitrogens with one attached hydrogen (secondary N) is 1. The molecule has 0 bridgehead atoms. The lowest BCUT2D eigenvalue weighted by Crippen LogP contribution is -2.20. The minimum atomic E-state index is 0.472. The third kappa shape index (κ3) is 4.53. The molecule has 0 radical (unpaired) electrons. The van der Waals surface area contributed by atoms with Crippen molar-refractivity contribution < 1.29 is 5.11 Å². The second kappa shape index (κ2) is 8.85. The highest BCUT2D eigenvalue weighted by Gasteiger charge is 2.20. The summed E-state index contributed by atoms with van der Waals surface area (Å²) in [5, 5.41) is 15.9. The molecule has 5 nitrogen and oxygen atoms in total. The molecule has 5 heteroatoms. The average molecular weight is 417 g/mol. The number of pyridine rings is 1. The fourth-order valence-electron chi connectivity index (χ4n) is 5.00. The van der Waals surface area contributed by atoms with Crippen LogP contribution in [0.25, 0.3) is 10.9 Å². The quantitative estimate of drug-likeness (QED) is 0.542. The van der Waals surface area contributed by atoms with E-state index in [0.717, 1.165) is 78.4 Å². The normalized spacial score (nSPS) is 17.6. The molecular weight excluding hydrogens is 384 g/mol. The molecule has 0 unspecified atom stereocenters. The predicted octanol–water partition coefficient (Wildman–Crippen LogP) is 5.18. The molecule has 2 aromatic carbocycles. The monoisotopic (exact) mass is 416 g/mol. The van der Waals surface area contributed by atoms with E-state index in [1.807, 2.05) is 13.0 Å². The molecule has 5 rings (SSSR count). The van der Waals surface area contributed by atoms with Crippen LogP contribution < -0.4 is 5.32 Å². The Kier molecular flexibility index (Phi) is 5.79. The van der Waals surface area contributed by atoms with Crippen molar-refractivity contribution >= 4 is 22.3 Å². The molecule has 3 heterocycles. The van der Waals surface area contributed by atoms with Gasteiger partial charge in [0.2, 0.25) is 0 Å². The van der Waals surface area contributed by atoms with Gasteiger partial charge in [-0.15, -0.1) is 0 Å². The van der Waals surface area contributed by atoms with Crippen molar-refractivity contribution in [3.05, 3.63) is 59.3 Å². The highest BCUT2D eigenvalue weighted by molar-refractivity contribution is 5.93. The van der Waals surface area contributed by atoms with E-state index in [0.29, 0.717) is 5.75 Å². The Morgan fingerprint density at radius 2 is 1.45 bits per heavy atom. The Labute approximate surface area is 184 Å². The second-order valence-corrected chi connectivity index (χ2v) is 9.06. The van der Waals surface area contributed by atoms with Crippen LogP contribution in [-0.4, -0.2) is 46.1 Å². The van der Waals surface area contributed by atoms with Crippen molar-refractivity contribution in [1.82, 2.24) is 14.8 Å². The number of para-hydroxylation sites is 1. The lowest BCUT2D eigenvalue weighted by atomic mass is 10.0. The highest BCUT2D eigenvalue weighted by atomic mass is 16.3. The van der Waals surface area contributed by atoms with E-state index in [4.69, 9.17) is 0 Å². The van der Waals surface area contributed by atoms with E-state index in [9.17, 15) is 5.11 Å². The number of phenolic OH excluding ortho intramolecular Hbond substituents is 1. The first kappa shape index (κ1) is 20.3. The summed E-state index contributed by atoms with van der Waals surface area (Å²) in [6, 6.07) is 14.6. The molecule has 2 N–H and O–H groups in total. The summed E-state index contributed by atoms with van der Waals surface area (Å²) in [7, 11) is 0. The van der Waals surface area contributed by atoms with Crippen molar-refractivity contribution in [3.8, 4) is 5.75 Å². The summed E-state index contributed by atoms with van der Waals surface area (Å²) in [5.41, 5.74) is 6.14. The van der Waals surface area contributed by atoms with E-state index in [2.05, 4.69) is 56.5 Å². The third-order valence-corrected chi connectivity index (χ3v) is 6.58. The van der Waals surface area contributed by atoms with E-state index >= 15 is 0 Å². The number of aromatic nitrogens is 1. The van der Waals surface area contributed by atoms with Crippen LogP contribution >= 0.6 is 0 Å². The Bertz CT molecular complexity index is 1030. The maximum atomic E-state index is 11.1. The number of phenols is 1. The Morgan fingerprint density at radius 1 is 0.871 bits per heavy atom. The van der Waals surface area contributed by atoms with Gasteiger partial charge in [-0.2, -0.15) is 0 Å². The smallest absolute Gasteiger partial charge is 0.124 e.